The van der Waals surface area contributed by atoms with Gasteiger partial charge < -0.3 is 14.5 Å². The van der Waals surface area contributed by atoms with Gasteiger partial charge in [0.15, 0.2) is 0 Å². The minimum atomic E-state index is -0.311. The van der Waals surface area contributed by atoms with Crippen molar-refractivity contribution in [1.82, 2.24) is 9.80 Å². The average Bonchev–Trinajstić information content (AvgIpc) is 3.53. The average molecular weight is 459 g/mol. The lowest BCUT2D eigenvalue weighted by atomic mass is 10.00. The molecule has 0 saturated heterocycles. The molecule has 2 heterocycles. The summed E-state index contributed by atoms with van der Waals surface area (Å²) in [6, 6.07) is 7.77. The lowest BCUT2D eigenvalue weighted by molar-refractivity contribution is -0.143. The molecule has 0 unspecified atom stereocenters. The van der Waals surface area contributed by atoms with E-state index >= 15 is 0 Å². The predicted molar refractivity (Wildman–Crippen MR) is 123 cm³/mol. The zero-order valence-corrected chi connectivity index (χ0v) is 19.6. The second-order valence-corrected chi connectivity index (χ2v) is 9.92. The molecule has 1 aliphatic heterocycles. The summed E-state index contributed by atoms with van der Waals surface area (Å²) in [5.41, 5.74) is 1.11. The van der Waals surface area contributed by atoms with Crippen molar-refractivity contribution < 1.29 is 18.7 Å². The molecule has 0 spiro atoms. The van der Waals surface area contributed by atoms with Crippen LogP contribution < -0.4 is 4.74 Å². The van der Waals surface area contributed by atoms with Crippen LogP contribution in [0.2, 0.25) is 0 Å². The van der Waals surface area contributed by atoms with E-state index in [-0.39, 0.29) is 36.1 Å². The van der Waals surface area contributed by atoms with Crippen molar-refractivity contribution in [1.29, 1.82) is 0 Å². The molecule has 1 aromatic heterocycles. The Kier molecular flexibility index (Phi) is 7.13. The fraction of sp³-hybridized carbons (Fsp3) is 0.520. The van der Waals surface area contributed by atoms with Crippen molar-refractivity contribution in [3.8, 4) is 5.75 Å². The molecule has 172 valence electrons. The van der Waals surface area contributed by atoms with E-state index in [0.717, 1.165) is 31.2 Å². The van der Waals surface area contributed by atoms with Gasteiger partial charge >= 0.3 is 0 Å². The topological polar surface area (TPSA) is 49.9 Å². The summed E-state index contributed by atoms with van der Waals surface area (Å²) in [5.74, 6) is 0.789. The monoisotopic (exact) mass is 458 g/mol. The first kappa shape index (κ1) is 22.8. The molecule has 0 N–H and O–H groups in total. The van der Waals surface area contributed by atoms with E-state index in [1.807, 2.05) is 4.90 Å². The minimum Gasteiger partial charge on any atom is -0.491 e. The Bertz CT molecular complexity index is 941. The highest BCUT2D eigenvalue weighted by atomic mass is 32.1. The molecule has 2 aliphatic rings. The van der Waals surface area contributed by atoms with Crippen LogP contribution in [0.25, 0.3) is 0 Å². The number of ether oxygens (including phenoxy) is 1. The molecule has 2 aromatic rings. The summed E-state index contributed by atoms with van der Waals surface area (Å²) in [5, 5.41) is 2.05. The van der Waals surface area contributed by atoms with Gasteiger partial charge in [-0.3, -0.25) is 9.59 Å². The van der Waals surface area contributed by atoms with Crippen molar-refractivity contribution in [2.45, 2.75) is 45.6 Å². The van der Waals surface area contributed by atoms with Gasteiger partial charge in [0.2, 0.25) is 11.8 Å². The van der Waals surface area contributed by atoms with Crippen LogP contribution >= 0.6 is 11.3 Å². The highest BCUT2D eigenvalue weighted by Gasteiger charge is 2.37. The molecule has 0 radical (unpaired) electrons. The first-order valence-electron chi connectivity index (χ1n) is 11.5. The Hall–Kier alpha value is -2.41. The zero-order valence-electron chi connectivity index (χ0n) is 18.8. The van der Waals surface area contributed by atoms with E-state index in [2.05, 4.69) is 25.3 Å². The number of hydrogen-bond donors (Lipinski definition) is 0. The Labute approximate surface area is 193 Å². The Morgan fingerprint density at radius 1 is 1.25 bits per heavy atom. The molecule has 2 atom stereocenters. The van der Waals surface area contributed by atoms with Crippen LogP contribution in [0.5, 0.6) is 5.75 Å². The third kappa shape index (κ3) is 5.31. The van der Waals surface area contributed by atoms with Gasteiger partial charge in [-0.05, 0) is 66.5 Å². The van der Waals surface area contributed by atoms with Gasteiger partial charge in [-0.25, -0.2) is 4.39 Å². The number of hydrogen-bond acceptors (Lipinski definition) is 4. The van der Waals surface area contributed by atoms with Gasteiger partial charge in [0.25, 0.3) is 0 Å². The standard InChI is InChI=1S/C25H31FN2O3S/c1-3-17(2)14-27(25(30)18-4-5-18)15-24(29)28-12-10-23-21(11-13-32-23)22(28)16-31-20-8-6-19(26)7-9-20/h6-9,11,13,17-18,22H,3-5,10,12,14-16H2,1-2H3/t17-,22+/m0/s1. The van der Waals surface area contributed by atoms with Crippen molar-refractivity contribution in [3.05, 3.63) is 52.0 Å². The molecule has 32 heavy (non-hydrogen) atoms. The largest absolute Gasteiger partial charge is 0.491 e. The van der Waals surface area contributed by atoms with Crippen LogP contribution in [0.3, 0.4) is 0 Å². The van der Waals surface area contributed by atoms with Gasteiger partial charge in [0.1, 0.15) is 18.2 Å². The van der Waals surface area contributed by atoms with Crippen LogP contribution in [0.1, 0.15) is 49.6 Å². The maximum Gasteiger partial charge on any atom is 0.242 e. The second kappa shape index (κ2) is 10.0. The summed E-state index contributed by atoms with van der Waals surface area (Å²) in [6.07, 6.45) is 3.65. The maximum atomic E-state index is 13.5. The number of thiophene rings is 1. The summed E-state index contributed by atoms with van der Waals surface area (Å²) in [4.78, 5) is 31.2. The van der Waals surface area contributed by atoms with Gasteiger partial charge in [0, 0.05) is 23.9 Å². The number of benzene rings is 1. The van der Waals surface area contributed by atoms with Gasteiger partial charge in [-0.1, -0.05) is 20.3 Å². The highest BCUT2D eigenvalue weighted by molar-refractivity contribution is 7.10. The van der Waals surface area contributed by atoms with Crippen LogP contribution in [-0.2, 0) is 16.0 Å². The van der Waals surface area contributed by atoms with Crippen LogP contribution in [0.4, 0.5) is 4.39 Å². The molecular formula is C25H31FN2O3S. The van der Waals surface area contributed by atoms with E-state index in [1.165, 1.54) is 17.0 Å². The van der Waals surface area contributed by atoms with Crippen molar-refractivity contribution in [2.24, 2.45) is 11.8 Å². The molecule has 0 bridgehead atoms. The van der Waals surface area contributed by atoms with Gasteiger partial charge in [0.05, 0.1) is 12.6 Å². The molecule has 2 amide bonds. The lowest BCUT2D eigenvalue weighted by Crippen LogP contribution is -2.48. The first-order chi connectivity index (χ1) is 15.5. The fourth-order valence-corrected chi connectivity index (χ4v) is 5.09. The van der Waals surface area contributed by atoms with E-state index in [1.54, 1.807) is 28.4 Å². The number of amides is 2. The van der Waals surface area contributed by atoms with Gasteiger partial charge in [-0.2, -0.15) is 0 Å². The first-order valence-corrected chi connectivity index (χ1v) is 12.4. The van der Waals surface area contributed by atoms with Crippen LogP contribution in [0.15, 0.2) is 35.7 Å². The highest BCUT2D eigenvalue weighted by Crippen LogP contribution is 2.35. The van der Waals surface area contributed by atoms with Gasteiger partial charge in [-0.15, -0.1) is 11.3 Å². The van der Waals surface area contributed by atoms with E-state index < -0.39 is 0 Å². The molecule has 1 fully saturated rings. The number of rotatable bonds is 9. The third-order valence-electron chi connectivity index (χ3n) is 6.43. The Morgan fingerprint density at radius 3 is 2.69 bits per heavy atom. The zero-order chi connectivity index (χ0) is 22.7. The van der Waals surface area contributed by atoms with Crippen molar-refractivity contribution >= 4 is 23.2 Å². The van der Waals surface area contributed by atoms with Crippen molar-refractivity contribution in [3.63, 3.8) is 0 Å². The number of halogens is 1. The molecule has 1 saturated carbocycles. The number of fused-ring (bicyclic) bond motifs is 1. The summed E-state index contributed by atoms with van der Waals surface area (Å²) >= 11 is 1.70. The number of carbonyl (C=O) groups excluding carboxylic acids is 2. The summed E-state index contributed by atoms with van der Waals surface area (Å²) in [7, 11) is 0. The minimum absolute atomic E-state index is 0.0353. The maximum absolute atomic E-state index is 13.5. The smallest absolute Gasteiger partial charge is 0.242 e. The molecular weight excluding hydrogens is 427 g/mol. The van der Waals surface area contributed by atoms with Crippen LogP contribution in [-0.4, -0.2) is 47.9 Å². The second-order valence-electron chi connectivity index (χ2n) is 8.92. The van der Waals surface area contributed by atoms with E-state index in [9.17, 15) is 14.0 Å². The van der Waals surface area contributed by atoms with Crippen LogP contribution in [0, 0.1) is 17.7 Å². The summed E-state index contributed by atoms with van der Waals surface area (Å²) in [6.45, 7) is 5.87. The lowest BCUT2D eigenvalue weighted by Gasteiger charge is -2.37. The Balaban J connectivity index is 1.49. The summed E-state index contributed by atoms with van der Waals surface area (Å²) < 4.78 is 19.2. The quantitative estimate of drug-likeness (QED) is 0.548. The SMILES string of the molecule is CC[C@H](C)CN(CC(=O)N1CCc2sccc2[C@H]1COc1ccc(F)cc1)C(=O)C1CC1. The van der Waals surface area contributed by atoms with E-state index in [0.29, 0.717) is 31.4 Å². The van der Waals surface area contributed by atoms with E-state index in [4.69, 9.17) is 4.74 Å². The normalized spacial score (nSPS) is 18.7. The molecule has 4 rings (SSSR count). The number of carbonyl (C=O) groups is 2. The van der Waals surface area contributed by atoms with Crippen molar-refractivity contribution in [2.75, 3.05) is 26.2 Å². The third-order valence-corrected chi connectivity index (χ3v) is 7.43. The molecule has 5 nitrogen and oxygen atoms in total. The predicted octanol–water partition coefficient (Wildman–Crippen LogP) is 4.68. The molecule has 1 aliphatic carbocycles. The molecule has 1 aromatic carbocycles. The number of nitrogens with zero attached hydrogens (tertiary/aromatic N) is 2. The Morgan fingerprint density at radius 2 is 2.00 bits per heavy atom. The fourth-order valence-electron chi connectivity index (χ4n) is 4.16. The molecule has 7 heteroatoms.